The highest BCUT2D eigenvalue weighted by molar-refractivity contribution is 7.89. The molecule has 0 aliphatic carbocycles. The summed E-state index contributed by atoms with van der Waals surface area (Å²) in [5.74, 6) is 0. The number of nitrogens with zero attached hydrogens (tertiary/aromatic N) is 3. The Hall–Kier alpha value is -1.86. The second-order valence-electron chi connectivity index (χ2n) is 4.68. The van der Waals surface area contributed by atoms with E-state index in [9.17, 15) is 8.42 Å². The van der Waals surface area contributed by atoms with Gasteiger partial charge in [-0.15, -0.1) is 0 Å². The molecule has 0 bridgehead atoms. The van der Waals surface area contributed by atoms with Gasteiger partial charge >= 0.3 is 0 Å². The van der Waals surface area contributed by atoms with E-state index >= 15 is 0 Å². The van der Waals surface area contributed by atoms with E-state index in [4.69, 9.17) is 5.73 Å². The molecule has 1 aliphatic rings. The van der Waals surface area contributed by atoms with Crippen LogP contribution in [0.4, 0.5) is 5.69 Å². The van der Waals surface area contributed by atoms with Gasteiger partial charge in [-0.3, -0.25) is 0 Å². The van der Waals surface area contributed by atoms with Crippen LogP contribution < -0.4 is 5.73 Å². The summed E-state index contributed by atoms with van der Waals surface area (Å²) in [6, 6.07) is 5.48. The number of sulfonamides is 1. The summed E-state index contributed by atoms with van der Waals surface area (Å²) in [7, 11) is -1.80. The van der Waals surface area contributed by atoms with Crippen LogP contribution >= 0.6 is 0 Å². The zero-order valence-electron chi connectivity index (χ0n) is 10.4. The smallest absolute Gasteiger partial charge is 0.262 e. The minimum atomic E-state index is -3.54. The highest BCUT2D eigenvalue weighted by Gasteiger charge is 2.32. The van der Waals surface area contributed by atoms with Crippen molar-refractivity contribution < 1.29 is 8.42 Å². The van der Waals surface area contributed by atoms with Gasteiger partial charge in [0.2, 0.25) is 0 Å². The van der Waals surface area contributed by atoms with Crippen molar-refractivity contribution in [3.8, 4) is 0 Å². The van der Waals surface area contributed by atoms with Gasteiger partial charge in [0.25, 0.3) is 10.0 Å². The SMILES string of the molecule is Cn1cnc(S(=O)(=O)N2Cc3ccc(N)cc3C2)c1. The Labute approximate surface area is 111 Å². The number of aryl methyl sites for hydroxylation is 1. The molecule has 1 aliphatic heterocycles. The summed E-state index contributed by atoms with van der Waals surface area (Å²) in [6.07, 6.45) is 2.99. The van der Waals surface area contributed by atoms with Crippen LogP contribution in [0.5, 0.6) is 0 Å². The first-order valence-corrected chi connectivity index (χ1v) is 7.26. The minimum Gasteiger partial charge on any atom is -0.399 e. The van der Waals surface area contributed by atoms with Crippen LogP contribution in [-0.4, -0.2) is 22.3 Å². The molecule has 1 aromatic heterocycles. The van der Waals surface area contributed by atoms with E-state index in [1.54, 1.807) is 17.7 Å². The Balaban J connectivity index is 1.94. The van der Waals surface area contributed by atoms with Crippen molar-refractivity contribution in [1.82, 2.24) is 13.9 Å². The number of hydrogen-bond acceptors (Lipinski definition) is 4. The predicted octanol–water partition coefficient (Wildman–Crippen LogP) is 0.707. The van der Waals surface area contributed by atoms with Crippen molar-refractivity contribution >= 4 is 15.7 Å². The molecular formula is C12H14N4O2S. The molecule has 0 unspecified atom stereocenters. The fourth-order valence-corrected chi connectivity index (χ4v) is 3.57. The molecule has 19 heavy (non-hydrogen) atoms. The number of aromatic nitrogens is 2. The van der Waals surface area contributed by atoms with E-state index < -0.39 is 10.0 Å². The number of hydrogen-bond donors (Lipinski definition) is 1. The second kappa shape index (κ2) is 4.07. The van der Waals surface area contributed by atoms with Gasteiger partial charge in [0, 0.05) is 32.0 Å². The Morgan fingerprint density at radius 2 is 2.00 bits per heavy atom. The topological polar surface area (TPSA) is 81.2 Å². The zero-order chi connectivity index (χ0) is 13.6. The van der Waals surface area contributed by atoms with Gasteiger partial charge < -0.3 is 10.3 Å². The highest BCUT2D eigenvalue weighted by Crippen LogP contribution is 2.29. The molecule has 0 saturated carbocycles. The van der Waals surface area contributed by atoms with Gasteiger partial charge in [-0.2, -0.15) is 4.31 Å². The van der Waals surface area contributed by atoms with Crippen molar-refractivity contribution in [2.24, 2.45) is 7.05 Å². The maximum Gasteiger partial charge on any atom is 0.262 e. The molecule has 0 atom stereocenters. The number of nitrogen functional groups attached to an aromatic ring is 1. The summed E-state index contributed by atoms with van der Waals surface area (Å²) < 4.78 is 27.9. The fourth-order valence-electron chi connectivity index (χ4n) is 2.21. The van der Waals surface area contributed by atoms with E-state index in [0.717, 1.165) is 11.1 Å². The van der Waals surface area contributed by atoms with Crippen molar-refractivity contribution in [3.05, 3.63) is 41.9 Å². The average molecular weight is 278 g/mol. The summed E-state index contributed by atoms with van der Waals surface area (Å²) >= 11 is 0. The van der Waals surface area contributed by atoms with Crippen LogP contribution in [0.25, 0.3) is 0 Å². The van der Waals surface area contributed by atoms with Crippen molar-refractivity contribution in [2.45, 2.75) is 18.1 Å². The van der Waals surface area contributed by atoms with Crippen molar-refractivity contribution in [2.75, 3.05) is 5.73 Å². The predicted molar refractivity (Wildman–Crippen MR) is 70.5 cm³/mol. The zero-order valence-corrected chi connectivity index (χ0v) is 11.3. The standard InChI is InChI=1S/C12H14N4O2S/c1-15-7-12(14-8-15)19(17,18)16-5-9-2-3-11(13)4-10(9)6-16/h2-4,7-8H,5-6,13H2,1H3. The molecule has 0 saturated heterocycles. The third-order valence-electron chi connectivity index (χ3n) is 3.21. The first-order chi connectivity index (χ1) is 8.96. The monoisotopic (exact) mass is 278 g/mol. The number of anilines is 1. The molecule has 3 rings (SSSR count). The molecule has 100 valence electrons. The van der Waals surface area contributed by atoms with Crippen LogP contribution in [-0.2, 0) is 30.2 Å². The Morgan fingerprint density at radius 1 is 1.26 bits per heavy atom. The quantitative estimate of drug-likeness (QED) is 0.820. The number of nitrogens with two attached hydrogens (primary N) is 1. The van der Waals surface area contributed by atoms with E-state index in [1.807, 2.05) is 12.1 Å². The minimum absolute atomic E-state index is 0.0794. The summed E-state index contributed by atoms with van der Waals surface area (Å²) in [6.45, 7) is 0.716. The normalized spacial score (nSPS) is 15.6. The van der Waals surface area contributed by atoms with Crippen molar-refractivity contribution in [3.63, 3.8) is 0 Å². The van der Waals surface area contributed by atoms with Gasteiger partial charge in [-0.25, -0.2) is 13.4 Å². The van der Waals surface area contributed by atoms with Crippen LogP contribution in [0.2, 0.25) is 0 Å². The van der Waals surface area contributed by atoms with Crippen LogP contribution in [0.1, 0.15) is 11.1 Å². The molecule has 0 spiro atoms. The summed E-state index contributed by atoms with van der Waals surface area (Å²) in [5.41, 5.74) is 8.32. The number of benzene rings is 1. The molecule has 1 aromatic carbocycles. The lowest BCUT2D eigenvalue weighted by Gasteiger charge is -2.13. The van der Waals surface area contributed by atoms with Gasteiger partial charge in [-0.05, 0) is 23.3 Å². The van der Waals surface area contributed by atoms with Gasteiger partial charge in [0.15, 0.2) is 5.03 Å². The van der Waals surface area contributed by atoms with E-state index in [1.165, 1.54) is 16.8 Å². The Kier molecular flexibility index (Phi) is 2.61. The van der Waals surface area contributed by atoms with Crippen LogP contribution in [0.3, 0.4) is 0 Å². The van der Waals surface area contributed by atoms with E-state index in [-0.39, 0.29) is 5.03 Å². The third-order valence-corrected chi connectivity index (χ3v) is 4.89. The molecule has 7 heteroatoms. The summed E-state index contributed by atoms with van der Waals surface area (Å²) in [4.78, 5) is 3.92. The third kappa shape index (κ3) is 2.00. The van der Waals surface area contributed by atoms with Crippen molar-refractivity contribution in [1.29, 1.82) is 0 Å². The maximum absolute atomic E-state index is 12.4. The molecule has 2 heterocycles. The average Bonchev–Trinajstić information content (AvgIpc) is 2.95. The lowest BCUT2D eigenvalue weighted by Crippen LogP contribution is -2.25. The fraction of sp³-hybridized carbons (Fsp3) is 0.250. The molecule has 2 aromatic rings. The Morgan fingerprint density at radius 3 is 2.68 bits per heavy atom. The van der Waals surface area contributed by atoms with E-state index in [0.29, 0.717) is 18.8 Å². The molecule has 0 amide bonds. The summed E-state index contributed by atoms with van der Waals surface area (Å²) in [5, 5.41) is 0.0794. The number of rotatable bonds is 2. The first-order valence-electron chi connectivity index (χ1n) is 5.82. The maximum atomic E-state index is 12.4. The van der Waals surface area contributed by atoms with Gasteiger partial charge in [0.1, 0.15) is 0 Å². The molecule has 6 nitrogen and oxygen atoms in total. The second-order valence-corrected chi connectivity index (χ2v) is 6.56. The molecule has 2 N–H and O–H groups in total. The molecule has 0 radical (unpaired) electrons. The molecule has 0 fully saturated rings. The highest BCUT2D eigenvalue weighted by atomic mass is 32.2. The van der Waals surface area contributed by atoms with Gasteiger partial charge in [-0.1, -0.05) is 6.07 Å². The number of imidazole rings is 1. The van der Waals surface area contributed by atoms with E-state index in [2.05, 4.69) is 4.98 Å². The lowest BCUT2D eigenvalue weighted by molar-refractivity contribution is 0.429. The largest absolute Gasteiger partial charge is 0.399 e. The first kappa shape index (κ1) is 12.2. The molecular weight excluding hydrogens is 264 g/mol. The van der Waals surface area contributed by atoms with Gasteiger partial charge in [0.05, 0.1) is 6.33 Å². The number of fused-ring (bicyclic) bond motifs is 1. The van der Waals surface area contributed by atoms with Crippen LogP contribution in [0.15, 0.2) is 35.7 Å². The Bertz CT molecular complexity index is 736. The van der Waals surface area contributed by atoms with Crippen LogP contribution in [0, 0.1) is 0 Å². The lowest BCUT2D eigenvalue weighted by atomic mass is 10.1.